The van der Waals surface area contributed by atoms with E-state index < -0.39 is 0 Å². The monoisotopic (exact) mass is 510 g/mol. The lowest BCUT2D eigenvalue weighted by Gasteiger charge is -2.02. The molecule has 0 aliphatic rings. The Morgan fingerprint density at radius 1 is 1.10 bits per heavy atom. The summed E-state index contributed by atoms with van der Waals surface area (Å²) in [6.45, 7) is 0. The zero-order valence-corrected chi connectivity index (χ0v) is 19.2. The van der Waals surface area contributed by atoms with Crippen LogP contribution in [0.2, 0.25) is 0 Å². The molecule has 2 aromatic carbocycles. The van der Waals surface area contributed by atoms with Crippen molar-refractivity contribution in [3.05, 3.63) is 83.1 Å². The van der Waals surface area contributed by atoms with Gasteiger partial charge in [0.2, 0.25) is 5.84 Å². The average molecular weight is 511 g/mol. The highest BCUT2D eigenvalue weighted by molar-refractivity contribution is 9.10. The number of azo groups is 1. The van der Waals surface area contributed by atoms with Crippen LogP contribution < -0.4 is 5.43 Å². The lowest BCUT2D eigenvalue weighted by Crippen LogP contribution is -2.21. The third-order valence-corrected chi connectivity index (χ3v) is 6.60. The number of hydrazone groups is 1. The maximum atomic E-state index is 12.3. The van der Waals surface area contributed by atoms with Gasteiger partial charge in [0.25, 0.3) is 5.91 Å². The number of para-hydroxylation sites is 1. The highest BCUT2D eigenvalue weighted by Gasteiger charge is 2.09. The van der Waals surface area contributed by atoms with Crippen LogP contribution >= 0.6 is 39.0 Å². The molecule has 0 unspecified atom stereocenters. The summed E-state index contributed by atoms with van der Waals surface area (Å²) in [4.78, 5) is 20.9. The van der Waals surface area contributed by atoms with E-state index in [1.807, 2.05) is 48.5 Å². The number of amidine groups is 1. The van der Waals surface area contributed by atoms with E-state index in [2.05, 4.69) is 46.7 Å². The Morgan fingerprint density at radius 2 is 1.94 bits per heavy atom. The van der Waals surface area contributed by atoms with Crippen molar-refractivity contribution in [2.75, 3.05) is 5.75 Å². The number of fused-ring (bicyclic) bond motifs is 1. The van der Waals surface area contributed by atoms with Gasteiger partial charge in [-0.15, -0.1) is 21.6 Å². The van der Waals surface area contributed by atoms with Crippen LogP contribution in [0.1, 0.15) is 5.56 Å². The molecule has 2 heterocycles. The first-order valence-electron chi connectivity index (χ1n) is 9.10. The standard InChI is InChI=1S/C21H15BrN6OS2/c22-15-7-9-16(10-8-15)25-27-20(14-4-3-11-23-12-14)28-26-19(29)13-30-21-24-17-5-1-2-6-18(17)31-21/h1-12H,13H2,(H,26,29)/b27-25?,28-20+. The number of hydrogen-bond acceptors (Lipinski definition) is 7. The molecule has 0 spiro atoms. The molecule has 4 aromatic rings. The van der Waals surface area contributed by atoms with E-state index in [1.165, 1.54) is 11.8 Å². The van der Waals surface area contributed by atoms with Crippen molar-refractivity contribution in [3.63, 3.8) is 0 Å². The maximum absolute atomic E-state index is 12.3. The minimum atomic E-state index is -0.260. The Balaban J connectivity index is 1.43. The van der Waals surface area contributed by atoms with Crippen LogP contribution in [0.4, 0.5) is 5.69 Å². The predicted molar refractivity (Wildman–Crippen MR) is 128 cm³/mol. The van der Waals surface area contributed by atoms with Gasteiger partial charge in [-0.1, -0.05) is 39.8 Å². The second kappa shape index (κ2) is 10.4. The molecule has 1 N–H and O–H groups in total. The van der Waals surface area contributed by atoms with E-state index in [1.54, 1.807) is 35.9 Å². The molecule has 0 bridgehead atoms. The number of hydrogen-bond donors (Lipinski definition) is 1. The fraction of sp³-hybridized carbons (Fsp3) is 0.0476. The Bertz CT molecular complexity index is 1210. The summed E-state index contributed by atoms with van der Waals surface area (Å²) in [5.41, 5.74) is 4.78. The van der Waals surface area contributed by atoms with E-state index in [4.69, 9.17) is 0 Å². The molecule has 0 saturated heterocycles. The van der Waals surface area contributed by atoms with Gasteiger partial charge in [0.1, 0.15) is 0 Å². The second-order valence-electron chi connectivity index (χ2n) is 6.12. The summed E-state index contributed by atoms with van der Waals surface area (Å²) in [7, 11) is 0. The predicted octanol–water partition coefficient (Wildman–Crippen LogP) is 5.81. The molecule has 0 saturated carbocycles. The molecule has 0 aliphatic heterocycles. The van der Waals surface area contributed by atoms with Crippen LogP contribution in [0.3, 0.4) is 0 Å². The number of benzene rings is 2. The van der Waals surface area contributed by atoms with Crippen LogP contribution in [-0.4, -0.2) is 27.5 Å². The van der Waals surface area contributed by atoms with Crippen molar-refractivity contribution in [2.24, 2.45) is 15.3 Å². The summed E-state index contributed by atoms with van der Waals surface area (Å²) >= 11 is 6.31. The zero-order valence-electron chi connectivity index (χ0n) is 16.0. The molecule has 0 aliphatic carbocycles. The number of aromatic nitrogens is 2. The Morgan fingerprint density at radius 3 is 2.71 bits per heavy atom. The van der Waals surface area contributed by atoms with Crippen molar-refractivity contribution >= 4 is 66.7 Å². The smallest absolute Gasteiger partial charge is 0.250 e. The normalized spacial score (nSPS) is 11.8. The van der Waals surface area contributed by atoms with Crippen LogP contribution in [-0.2, 0) is 4.79 Å². The number of carbonyl (C=O) groups is 1. The highest BCUT2D eigenvalue weighted by atomic mass is 79.9. The number of thioether (sulfide) groups is 1. The van der Waals surface area contributed by atoms with E-state index in [9.17, 15) is 4.79 Å². The molecule has 0 radical (unpaired) electrons. The van der Waals surface area contributed by atoms with Gasteiger partial charge in [-0.2, -0.15) is 5.10 Å². The number of pyridine rings is 1. The first-order chi connectivity index (χ1) is 15.2. The van der Waals surface area contributed by atoms with Crippen LogP contribution in [0, 0.1) is 0 Å². The summed E-state index contributed by atoms with van der Waals surface area (Å²) in [6.07, 6.45) is 3.27. The van der Waals surface area contributed by atoms with E-state index in [0.717, 1.165) is 19.0 Å². The molecule has 31 heavy (non-hydrogen) atoms. The molecular formula is C21H15BrN6OS2. The lowest BCUT2D eigenvalue weighted by atomic mass is 10.3. The quantitative estimate of drug-likeness (QED) is 0.116. The number of carbonyl (C=O) groups excluding carboxylic acids is 1. The molecule has 2 aromatic heterocycles. The largest absolute Gasteiger partial charge is 0.272 e. The molecule has 0 atom stereocenters. The van der Waals surface area contributed by atoms with Crippen molar-refractivity contribution < 1.29 is 4.79 Å². The summed E-state index contributed by atoms with van der Waals surface area (Å²) in [6, 6.07) is 18.8. The number of thiazole rings is 1. The Labute approximate surface area is 194 Å². The number of nitrogens with zero attached hydrogens (tertiary/aromatic N) is 5. The summed E-state index contributed by atoms with van der Waals surface area (Å²) < 4.78 is 2.88. The van der Waals surface area contributed by atoms with Crippen molar-refractivity contribution in [1.29, 1.82) is 0 Å². The third kappa shape index (κ3) is 6.03. The molecule has 10 heteroatoms. The van der Waals surface area contributed by atoms with Crippen molar-refractivity contribution in [2.45, 2.75) is 4.34 Å². The zero-order chi connectivity index (χ0) is 21.5. The van der Waals surface area contributed by atoms with E-state index >= 15 is 0 Å². The summed E-state index contributed by atoms with van der Waals surface area (Å²) in [5, 5.41) is 12.6. The van der Waals surface area contributed by atoms with Gasteiger partial charge in [-0.05, 0) is 48.5 Å². The van der Waals surface area contributed by atoms with Crippen LogP contribution in [0.15, 0.2) is 97.2 Å². The Hall–Kier alpha value is -2.95. The highest BCUT2D eigenvalue weighted by Crippen LogP contribution is 2.29. The molecule has 154 valence electrons. The first kappa shape index (κ1) is 21.3. The topological polar surface area (TPSA) is 92.0 Å². The number of nitrogens with one attached hydrogen (secondary N) is 1. The number of rotatable bonds is 6. The Kier molecular flexibility index (Phi) is 7.13. The number of halogens is 1. The summed E-state index contributed by atoms with van der Waals surface area (Å²) in [5.74, 6) is 0.187. The van der Waals surface area contributed by atoms with Gasteiger partial charge in [0, 0.05) is 22.4 Å². The minimum Gasteiger partial charge on any atom is -0.272 e. The van der Waals surface area contributed by atoms with Gasteiger partial charge < -0.3 is 0 Å². The van der Waals surface area contributed by atoms with E-state index in [-0.39, 0.29) is 17.5 Å². The fourth-order valence-corrected chi connectivity index (χ4v) is 4.57. The third-order valence-electron chi connectivity index (χ3n) is 3.89. The van der Waals surface area contributed by atoms with E-state index in [0.29, 0.717) is 11.3 Å². The molecule has 0 fully saturated rings. The molecule has 1 amide bonds. The van der Waals surface area contributed by atoms with Crippen molar-refractivity contribution in [1.82, 2.24) is 15.4 Å². The lowest BCUT2D eigenvalue weighted by molar-refractivity contribution is -0.118. The molecule has 7 nitrogen and oxygen atoms in total. The maximum Gasteiger partial charge on any atom is 0.250 e. The van der Waals surface area contributed by atoms with Crippen molar-refractivity contribution in [3.8, 4) is 0 Å². The first-order valence-corrected chi connectivity index (χ1v) is 11.7. The van der Waals surface area contributed by atoms with Gasteiger partial charge in [-0.25, -0.2) is 10.4 Å². The van der Waals surface area contributed by atoms with Crippen LogP contribution in [0.25, 0.3) is 10.2 Å². The number of amides is 1. The minimum absolute atomic E-state index is 0.188. The van der Waals surface area contributed by atoms with Gasteiger partial charge in [0.15, 0.2) is 4.34 Å². The van der Waals surface area contributed by atoms with Gasteiger partial charge in [0.05, 0.1) is 21.7 Å². The SMILES string of the molecule is O=C(CSc1nc2ccccc2s1)N/N=C(/N=Nc1ccc(Br)cc1)c1cccnc1. The molecule has 4 rings (SSSR count). The van der Waals surface area contributed by atoms with Gasteiger partial charge in [-0.3, -0.25) is 9.78 Å². The average Bonchev–Trinajstić information content (AvgIpc) is 3.22. The second-order valence-corrected chi connectivity index (χ2v) is 9.29. The van der Waals surface area contributed by atoms with Gasteiger partial charge >= 0.3 is 0 Å². The fourth-order valence-electron chi connectivity index (χ4n) is 2.44. The molecular weight excluding hydrogens is 496 g/mol. The van der Waals surface area contributed by atoms with Crippen LogP contribution in [0.5, 0.6) is 0 Å².